The van der Waals surface area contributed by atoms with E-state index in [9.17, 15) is 9.59 Å². The molecule has 6 heteroatoms. The van der Waals surface area contributed by atoms with Crippen molar-refractivity contribution in [3.05, 3.63) is 100 Å². The minimum absolute atomic E-state index is 0.0436. The number of nitrogens with one attached hydrogen (secondary N) is 2. The van der Waals surface area contributed by atoms with Crippen LogP contribution >= 0.6 is 0 Å². The fraction of sp³-hybridized carbons (Fsp3) is 0.148. The van der Waals surface area contributed by atoms with E-state index in [2.05, 4.69) is 15.5 Å². The predicted octanol–water partition coefficient (Wildman–Crippen LogP) is 4.88. The van der Waals surface area contributed by atoms with Crippen molar-refractivity contribution in [1.29, 1.82) is 0 Å². The quantitative estimate of drug-likeness (QED) is 0.430. The number of nitrogens with zero attached hydrogens (tertiary/aromatic N) is 1. The number of ether oxygens (including phenoxy) is 1. The van der Waals surface area contributed by atoms with Gasteiger partial charge in [0, 0.05) is 30.2 Å². The van der Waals surface area contributed by atoms with Crippen molar-refractivity contribution in [2.24, 2.45) is 0 Å². The lowest BCUT2D eigenvalue weighted by Crippen LogP contribution is -2.22. The summed E-state index contributed by atoms with van der Waals surface area (Å²) in [5.74, 6) is 1.32. The summed E-state index contributed by atoms with van der Waals surface area (Å²) in [5, 5.41) is 9.84. The van der Waals surface area contributed by atoms with E-state index in [-0.39, 0.29) is 11.5 Å². The van der Waals surface area contributed by atoms with Gasteiger partial charge < -0.3 is 10.1 Å². The number of para-hydroxylation sites is 2. The Balaban J connectivity index is 1.73. The average Bonchev–Trinajstić information content (AvgIpc) is 2.82. The maximum Gasteiger partial charge on any atom is 0.267 e. The molecule has 0 atom stereocenters. The highest BCUT2D eigenvalue weighted by molar-refractivity contribution is 5.85. The zero-order valence-electron chi connectivity index (χ0n) is 18.6. The summed E-state index contributed by atoms with van der Waals surface area (Å²) in [4.78, 5) is 23.6. The number of benzene rings is 3. The summed E-state index contributed by atoms with van der Waals surface area (Å²) < 4.78 is 6.14. The normalized spacial score (nSPS) is 10.6. The van der Waals surface area contributed by atoms with Gasteiger partial charge in [-0.2, -0.15) is 5.10 Å². The van der Waals surface area contributed by atoms with Gasteiger partial charge in [-0.15, -0.1) is 0 Å². The number of amides is 1. The molecule has 4 aromatic rings. The van der Waals surface area contributed by atoms with Crippen LogP contribution in [0.4, 0.5) is 0 Å². The first-order valence-electron chi connectivity index (χ1n) is 10.8. The molecule has 0 bridgehead atoms. The van der Waals surface area contributed by atoms with Gasteiger partial charge in [-0.3, -0.25) is 9.59 Å². The number of carbonyl (C=O) groups is 1. The van der Waals surface area contributed by atoms with Gasteiger partial charge >= 0.3 is 0 Å². The van der Waals surface area contributed by atoms with Crippen LogP contribution in [0.1, 0.15) is 18.1 Å². The van der Waals surface area contributed by atoms with Crippen LogP contribution in [0.2, 0.25) is 0 Å². The van der Waals surface area contributed by atoms with Gasteiger partial charge in [0.15, 0.2) is 0 Å². The van der Waals surface area contributed by atoms with Crippen molar-refractivity contribution in [3.63, 3.8) is 0 Å². The van der Waals surface area contributed by atoms with E-state index in [1.807, 2.05) is 78.9 Å². The largest absolute Gasteiger partial charge is 0.457 e. The molecule has 1 amide bonds. The molecule has 0 fully saturated rings. The first-order valence-corrected chi connectivity index (χ1v) is 10.8. The smallest absolute Gasteiger partial charge is 0.267 e. The van der Waals surface area contributed by atoms with Gasteiger partial charge in [-0.1, -0.05) is 54.6 Å². The minimum Gasteiger partial charge on any atom is -0.457 e. The predicted molar refractivity (Wildman–Crippen MR) is 129 cm³/mol. The molecule has 1 heterocycles. The number of aromatic nitrogens is 2. The van der Waals surface area contributed by atoms with Crippen molar-refractivity contribution in [2.45, 2.75) is 20.3 Å². The van der Waals surface area contributed by atoms with Crippen LogP contribution in [0.15, 0.2) is 83.7 Å². The molecule has 0 saturated heterocycles. The molecule has 4 rings (SSSR count). The van der Waals surface area contributed by atoms with Crippen molar-refractivity contribution in [1.82, 2.24) is 15.5 Å². The lowest BCUT2D eigenvalue weighted by molar-refractivity contribution is -0.118. The molecule has 0 spiro atoms. The number of carbonyl (C=O) groups excluding carboxylic acids is 1. The fourth-order valence-electron chi connectivity index (χ4n) is 3.67. The van der Waals surface area contributed by atoms with E-state index in [0.29, 0.717) is 23.6 Å². The molecule has 0 unspecified atom stereocenters. The highest BCUT2D eigenvalue weighted by atomic mass is 16.5. The number of rotatable bonds is 7. The third-order valence-electron chi connectivity index (χ3n) is 5.37. The van der Waals surface area contributed by atoms with Crippen molar-refractivity contribution in [2.75, 3.05) is 6.54 Å². The molecule has 3 aromatic carbocycles. The Morgan fingerprint density at radius 3 is 2.39 bits per heavy atom. The summed E-state index contributed by atoms with van der Waals surface area (Å²) in [5.41, 5.74) is 4.52. The Kier molecular flexibility index (Phi) is 6.64. The van der Waals surface area contributed by atoms with Crippen LogP contribution in [0.3, 0.4) is 0 Å². The maximum atomic E-state index is 12.5. The van der Waals surface area contributed by atoms with E-state index in [1.165, 1.54) is 6.92 Å². The number of hydrogen-bond acceptors (Lipinski definition) is 4. The highest BCUT2D eigenvalue weighted by Crippen LogP contribution is 2.38. The molecule has 0 aliphatic heterocycles. The zero-order chi connectivity index (χ0) is 23.2. The number of H-pyrrole nitrogens is 1. The van der Waals surface area contributed by atoms with Crippen LogP contribution in [-0.2, 0) is 11.2 Å². The van der Waals surface area contributed by atoms with Crippen LogP contribution in [0.5, 0.6) is 11.5 Å². The molecule has 0 aliphatic rings. The Morgan fingerprint density at radius 1 is 0.970 bits per heavy atom. The van der Waals surface area contributed by atoms with E-state index in [4.69, 9.17) is 4.74 Å². The monoisotopic (exact) mass is 439 g/mol. The number of aromatic amines is 1. The molecule has 6 nitrogen and oxygen atoms in total. The second-order valence-electron chi connectivity index (χ2n) is 7.74. The first-order chi connectivity index (χ1) is 16.0. The van der Waals surface area contributed by atoms with Crippen LogP contribution in [0, 0.1) is 6.92 Å². The van der Waals surface area contributed by atoms with Gasteiger partial charge in [0.25, 0.3) is 5.56 Å². The molecular formula is C27H25N3O3. The third-order valence-corrected chi connectivity index (χ3v) is 5.37. The Hall–Kier alpha value is -4.19. The van der Waals surface area contributed by atoms with Gasteiger partial charge in [-0.05, 0) is 48.7 Å². The maximum absolute atomic E-state index is 12.5. The molecule has 33 heavy (non-hydrogen) atoms. The lowest BCUT2D eigenvalue weighted by atomic mass is 9.95. The average molecular weight is 440 g/mol. The standard InChI is InChI=1S/C27H25N3O3/c1-18-25(21-14-12-20(13-15-21)16-17-28-19(2)31)26(29-30-27(18)32)23-10-6-7-11-24(23)33-22-8-4-3-5-9-22/h3-15H,16-17H2,1-2H3,(H,28,31)(H,30,32). The van der Waals surface area contributed by atoms with Crippen LogP contribution in [-0.4, -0.2) is 22.6 Å². The second-order valence-corrected chi connectivity index (χ2v) is 7.74. The molecule has 0 aliphatic carbocycles. The van der Waals surface area contributed by atoms with E-state index < -0.39 is 0 Å². The summed E-state index contributed by atoms with van der Waals surface area (Å²) in [7, 11) is 0. The molecule has 166 valence electrons. The first kappa shape index (κ1) is 22.0. The Bertz CT molecular complexity index is 1310. The Morgan fingerprint density at radius 2 is 1.67 bits per heavy atom. The molecule has 1 aromatic heterocycles. The lowest BCUT2D eigenvalue weighted by Gasteiger charge is -2.15. The molecule has 0 saturated carbocycles. The van der Waals surface area contributed by atoms with Crippen molar-refractivity contribution >= 4 is 5.91 Å². The molecule has 2 N–H and O–H groups in total. The van der Waals surface area contributed by atoms with E-state index in [1.54, 1.807) is 6.92 Å². The summed E-state index contributed by atoms with van der Waals surface area (Å²) in [6.07, 6.45) is 0.729. The van der Waals surface area contributed by atoms with Crippen molar-refractivity contribution in [3.8, 4) is 33.9 Å². The summed E-state index contributed by atoms with van der Waals surface area (Å²) in [6, 6.07) is 25.2. The van der Waals surface area contributed by atoms with Crippen molar-refractivity contribution < 1.29 is 9.53 Å². The van der Waals surface area contributed by atoms with Gasteiger partial charge in [0.05, 0.1) is 0 Å². The van der Waals surface area contributed by atoms with Crippen LogP contribution in [0.25, 0.3) is 22.4 Å². The summed E-state index contributed by atoms with van der Waals surface area (Å²) >= 11 is 0. The SMILES string of the molecule is CC(=O)NCCc1ccc(-c2c(-c3ccccc3Oc3ccccc3)n[nH]c(=O)c2C)cc1. The van der Waals surface area contributed by atoms with Gasteiger partial charge in [0.1, 0.15) is 17.2 Å². The minimum atomic E-state index is -0.232. The molecular weight excluding hydrogens is 414 g/mol. The van der Waals surface area contributed by atoms with Gasteiger partial charge in [0.2, 0.25) is 5.91 Å². The second kappa shape index (κ2) is 9.96. The van der Waals surface area contributed by atoms with E-state index in [0.717, 1.165) is 34.4 Å². The van der Waals surface area contributed by atoms with Gasteiger partial charge in [-0.25, -0.2) is 5.10 Å². The zero-order valence-corrected chi connectivity index (χ0v) is 18.6. The number of hydrogen-bond donors (Lipinski definition) is 2. The topological polar surface area (TPSA) is 84.1 Å². The Labute approximate surface area is 192 Å². The fourth-order valence-corrected chi connectivity index (χ4v) is 3.67. The third kappa shape index (κ3) is 5.18. The van der Waals surface area contributed by atoms with Crippen LogP contribution < -0.4 is 15.6 Å². The van der Waals surface area contributed by atoms with E-state index >= 15 is 0 Å². The highest BCUT2D eigenvalue weighted by Gasteiger charge is 2.18. The molecule has 0 radical (unpaired) electrons. The summed E-state index contributed by atoms with van der Waals surface area (Å²) in [6.45, 7) is 3.88.